The van der Waals surface area contributed by atoms with Gasteiger partial charge >= 0.3 is 0 Å². The summed E-state index contributed by atoms with van der Waals surface area (Å²) < 4.78 is 50.1. The van der Waals surface area contributed by atoms with Gasteiger partial charge in [-0.15, -0.1) is 0 Å². The number of hydrogen-bond acceptors (Lipinski definition) is 9. The fraction of sp³-hybridized carbons (Fsp3) is 1.00. The van der Waals surface area contributed by atoms with Crippen LogP contribution in [0.15, 0.2) is 0 Å². The fourth-order valence-corrected chi connectivity index (χ4v) is 3.87. The van der Waals surface area contributed by atoms with Crippen molar-refractivity contribution in [3.63, 3.8) is 0 Å². The molecule has 0 bridgehead atoms. The minimum Gasteiger partial charge on any atom is -0.414 e. The summed E-state index contributed by atoms with van der Waals surface area (Å²) >= 11 is 0. The lowest BCUT2D eigenvalue weighted by atomic mass is 10.2. The Hall–Kier alpha value is -0.143. The molecule has 0 saturated heterocycles. The van der Waals surface area contributed by atoms with Gasteiger partial charge in [-0.3, -0.25) is 0 Å². The summed E-state index contributed by atoms with van der Waals surface area (Å²) in [4.78, 5) is 0. The van der Waals surface area contributed by atoms with Crippen LogP contribution in [0.25, 0.3) is 0 Å². The molecule has 0 aliphatic heterocycles. The highest BCUT2D eigenvalue weighted by molar-refractivity contribution is 6.74. The van der Waals surface area contributed by atoms with Crippen molar-refractivity contribution in [3.8, 4) is 0 Å². The first-order chi connectivity index (χ1) is 18.3. The van der Waals surface area contributed by atoms with Crippen molar-refractivity contribution in [1.29, 1.82) is 0 Å². The lowest BCUT2D eigenvalue weighted by molar-refractivity contribution is -0.0237. The average Bonchev–Trinajstić information content (AvgIpc) is 2.87. The van der Waals surface area contributed by atoms with Crippen LogP contribution in [0, 0.1) is 0 Å². The summed E-state index contributed by atoms with van der Waals surface area (Å²) in [6.45, 7) is 23.4. The van der Waals surface area contributed by atoms with E-state index in [4.69, 9.17) is 42.3 Å². The van der Waals surface area contributed by atoms with Crippen LogP contribution in [0.5, 0.6) is 0 Å². The quantitative estimate of drug-likeness (QED) is 0.0903. The van der Waals surface area contributed by atoms with Crippen LogP contribution < -0.4 is 0 Å². The van der Waals surface area contributed by atoms with Crippen molar-refractivity contribution < 1.29 is 42.3 Å². The standard InChI is InChI=1S/C28H60O9Si/c1-7-8-9-10-11-29-12-13-30-14-15-31-16-17-32-18-19-33-20-21-34-22-23-35-24-25-36-26-27-37-38(5,6)28(2,3)4/h7-27H2,1-6H3. The summed E-state index contributed by atoms with van der Waals surface area (Å²) in [5.74, 6) is 0. The summed E-state index contributed by atoms with van der Waals surface area (Å²) in [7, 11) is -1.68. The van der Waals surface area contributed by atoms with Gasteiger partial charge in [-0.05, 0) is 24.6 Å². The first-order valence-corrected chi connectivity index (χ1v) is 17.5. The molecule has 10 heteroatoms. The number of unbranched alkanes of at least 4 members (excludes halogenated alkanes) is 3. The van der Waals surface area contributed by atoms with Crippen LogP contribution in [-0.2, 0) is 42.3 Å². The molecule has 9 nitrogen and oxygen atoms in total. The lowest BCUT2D eigenvalue weighted by Gasteiger charge is -2.36. The van der Waals surface area contributed by atoms with Crippen LogP contribution in [0.2, 0.25) is 18.1 Å². The Morgan fingerprint density at radius 2 is 0.684 bits per heavy atom. The number of rotatable bonds is 30. The molecular formula is C28H60O9Si. The zero-order valence-electron chi connectivity index (χ0n) is 25.5. The molecule has 0 spiro atoms. The van der Waals surface area contributed by atoms with Crippen LogP contribution in [0.1, 0.15) is 53.4 Å². The summed E-state index contributed by atoms with van der Waals surface area (Å²) in [6, 6.07) is 0. The Morgan fingerprint density at radius 3 is 0.974 bits per heavy atom. The van der Waals surface area contributed by atoms with E-state index >= 15 is 0 Å². The molecule has 0 aromatic heterocycles. The second-order valence-corrected chi connectivity index (χ2v) is 15.4. The van der Waals surface area contributed by atoms with Gasteiger partial charge in [0.1, 0.15) is 0 Å². The number of ether oxygens (including phenoxy) is 8. The molecule has 0 radical (unpaired) electrons. The van der Waals surface area contributed by atoms with Gasteiger partial charge in [0.25, 0.3) is 0 Å². The van der Waals surface area contributed by atoms with Crippen molar-refractivity contribution in [2.24, 2.45) is 0 Å². The molecule has 0 aliphatic carbocycles. The second-order valence-electron chi connectivity index (χ2n) is 10.6. The van der Waals surface area contributed by atoms with E-state index in [2.05, 4.69) is 40.8 Å². The van der Waals surface area contributed by atoms with Gasteiger partial charge in [0.2, 0.25) is 0 Å². The van der Waals surface area contributed by atoms with Crippen LogP contribution in [0.3, 0.4) is 0 Å². The zero-order chi connectivity index (χ0) is 28.2. The van der Waals surface area contributed by atoms with Gasteiger partial charge in [-0.2, -0.15) is 0 Å². The van der Waals surface area contributed by atoms with Crippen LogP contribution in [0.4, 0.5) is 0 Å². The van der Waals surface area contributed by atoms with Gasteiger partial charge in [-0.1, -0.05) is 47.0 Å². The van der Waals surface area contributed by atoms with E-state index in [9.17, 15) is 0 Å². The molecular weight excluding hydrogens is 508 g/mol. The van der Waals surface area contributed by atoms with E-state index in [1.165, 1.54) is 19.3 Å². The summed E-state index contributed by atoms with van der Waals surface area (Å²) in [5, 5.41) is 0.226. The van der Waals surface area contributed by atoms with Gasteiger partial charge in [0.05, 0.1) is 106 Å². The maximum atomic E-state index is 6.07. The zero-order valence-corrected chi connectivity index (χ0v) is 26.5. The van der Waals surface area contributed by atoms with Crippen molar-refractivity contribution in [3.05, 3.63) is 0 Å². The normalized spacial score (nSPS) is 12.5. The molecule has 230 valence electrons. The Balaban J connectivity index is 3.13. The van der Waals surface area contributed by atoms with E-state index in [0.717, 1.165) is 13.0 Å². The minimum atomic E-state index is -1.68. The molecule has 0 unspecified atom stereocenters. The van der Waals surface area contributed by atoms with Gasteiger partial charge in [0.15, 0.2) is 8.32 Å². The van der Waals surface area contributed by atoms with E-state index in [-0.39, 0.29) is 5.04 Å². The van der Waals surface area contributed by atoms with E-state index in [0.29, 0.717) is 106 Å². The molecule has 0 amide bonds. The molecule has 0 N–H and O–H groups in total. The molecule has 0 saturated carbocycles. The largest absolute Gasteiger partial charge is 0.414 e. The van der Waals surface area contributed by atoms with Gasteiger partial charge in [0, 0.05) is 6.61 Å². The SMILES string of the molecule is CCCCCCOCCOCCOCCOCCOCCOCCOCCOCCO[Si](C)(C)C(C)(C)C. The topological polar surface area (TPSA) is 83.1 Å². The Bertz CT molecular complexity index is 476. The monoisotopic (exact) mass is 568 g/mol. The average molecular weight is 569 g/mol. The molecule has 0 aromatic rings. The second kappa shape index (κ2) is 27.0. The minimum absolute atomic E-state index is 0.226. The maximum absolute atomic E-state index is 6.07. The Morgan fingerprint density at radius 1 is 0.395 bits per heavy atom. The first-order valence-electron chi connectivity index (χ1n) is 14.6. The van der Waals surface area contributed by atoms with Gasteiger partial charge < -0.3 is 42.3 Å². The van der Waals surface area contributed by atoms with E-state index < -0.39 is 8.32 Å². The maximum Gasteiger partial charge on any atom is 0.192 e. The predicted octanol–water partition coefficient (Wildman–Crippen LogP) is 4.72. The molecule has 0 aromatic carbocycles. The smallest absolute Gasteiger partial charge is 0.192 e. The molecule has 0 rings (SSSR count). The van der Waals surface area contributed by atoms with Crippen LogP contribution in [-0.4, -0.2) is 121 Å². The predicted molar refractivity (Wildman–Crippen MR) is 154 cm³/mol. The van der Waals surface area contributed by atoms with E-state index in [1.807, 2.05) is 0 Å². The molecule has 38 heavy (non-hydrogen) atoms. The third kappa shape index (κ3) is 26.1. The van der Waals surface area contributed by atoms with Crippen molar-refractivity contribution >= 4 is 8.32 Å². The molecule has 0 fully saturated rings. The van der Waals surface area contributed by atoms with E-state index in [1.54, 1.807) is 0 Å². The highest BCUT2D eigenvalue weighted by Gasteiger charge is 2.36. The third-order valence-electron chi connectivity index (χ3n) is 6.24. The highest BCUT2D eigenvalue weighted by atomic mass is 28.4. The van der Waals surface area contributed by atoms with Crippen molar-refractivity contribution in [1.82, 2.24) is 0 Å². The Labute approximate surface area is 234 Å². The fourth-order valence-electron chi connectivity index (χ4n) is 2.84. The highest BCUT2D eigenvalue weighted by Crippen LogP contribution is 2.36. The summed E-state index contributed by atoms with van der Waals surface area (Å²) in [6.07, 6.45) is 4.92. The van der Waals surface area contributed by atoms with Crippen molar-refractivity contribution in [2.75, 3.05) is 112 Å². The van der Waals surface area contributed by atoms with Crippen LogP contribution >= 0.6 is 0 Å². The lowest BCUT2D eigenvalue weighted by Crippen LogP contribution is -2.41. The third-order valence-corrected chi connectivity index (χ3v) is 10.8. The molecule has 0 aliphatic rings. The summed E-state index contributed by atoms with van der Waals surface area (Å²) in [5.41, 5.74) is 0. The molecule has 0 atom stereocenters. The Kier molecular flexibility index (Phi) is 26.9. The van der Waals surface area contributed by atoms with Gasteiger partial charge in [-0.25, -0.2) is 0 Å². The number of hydrogen-bond donors (Lipinski definition) is 0. The van der Waals surface area contributed by atoms with Crippen molar-refractivity contribution in [2.45, 2.75) is 71.5 Å². The molecule has 0 heterocycles. The first kappa shape index (κ1) is 37.9.